The summed E-state index contributed by atoms with van der Waals surface area (Å²) in [4.78, 5) is 0. The molecule has 1 saturated carbocycles. The van der Waals surface area contributed by atoms with Crippen LogP contribution in [0.1, 0.15) is 36.5 Å². The van der Waals surface area contributed by atoms with Crippen molar-refractivity contribution in [1.82, 2.24) is 0 Å². The molecular formula is C18H20O2. The Bertz CT molecular complexity index is 573. The van der Waals surface area contributed by atoms with Crippen molar-refractivity contribution in [1.29, 1.82) is 0 Å². The summed E-state index contributed by atoms with van der Waals surface area (Å²) >= 11 is 0. The first kappa shape index (κ1) is 13.2. The van der Waals surface area contributed by atoms with Gasteiger partial charge in [0.2, 0.25) is 0 Å². The molecule has 1 atom stereocenters. The first-order valence-corrected chi connectivity index (χ1v) is 7.14. The van der Waals surface area contributed by atoms with Crippen LogP contribution in [-0.2, 0) is 5.41 Å². The molecular weight excluding hydrogens is 248 g/mol. The van der Waals surface area contributed by atoms with Gasteiger partial charge >= 0.3 is 0 Å². The fourth-order valence-electron chi connectivity index (χ4n) is 3.18. The highest BCUT2D eigenvalue weighted by Gasteiger charge is 2.45. The number of benzene rings is 2. The molecule has 1 fully saturated rings. The van der Waals surface area contributed by atoms with E-state index in [4.69, 9.17) is 4.74 Å². The normalized spacial score (nSPS) is 18.1. The predicted molar refractivity (Wildman–Crippen MR) is 79.9 cm³/mol. The second-order valence-corrected chi connectivity index (χ2v) is 5.55. The van der Waals surface area contributed by atoms with E-state index >= 15 is 0 Å². The van der Waals surface area contributed by atoms with Gasteiger partial charge in [-0.15, -0.1) is 0 Å². The molecule has 2 aromatic rings. The van der Waals surface area contributed by atoms with Gasteiger partial charge in [-0.1, -0.05) is 48.9 Å². The standard InChI is InChI=1S/C18H20O2/c1-20-16-10-5-7-14(13-16)17(19)18(11-6-12-18)15-8-3-2-4-9-15/h2-5,7-10,13,17,19H,6,11-12H2,1H3. The lowest BCUT2D eigenvalue weighted by Gasteiger charge is -2.46. The first-order chi connectivity index (χ1) is 9.76. The Balaban J connectivity index is 1.97. The van der Waals surface area contributed by atoms with E-state index < -0.39 is 6.10 Å². The molecule has 0 bridgehead atoms. The third-order valence-corrected chi connectivity index (χ3v) is 4.53. The molecule has 1 aliphatic carbocycles. The average Bonchev–Trinajstić information content (AvgIpc) is 2.47. The van der Waals surface area contributed by atoms with E-state index in [0.29, 0.717) is 0 Å². The van der Waals surface area contributed by atoms with Crippen LogP contribution < -0.4 is 4.74 Å². The fraction of sp³-hybridized carbons (Fsp3) is 0.333. The first-order valence-electron chi connectivity index (χ1n) is 7.14. The van der Waals surface area contributed by atoms with Gasteiger partial charge in [0.05, 0.1) is 13.2 Å². The summed E-state index contributed by atoms with van der Waals surface area (Å²) in [6, 6.07) is 18.1. The zero-order valence-electron chi connectivity index (χ0n) is 11.8. The lowest BCUT2D eigenvalue weighted by molar-refractivity contribution is 0.0267. The lowest BCUT2D eigenvalue weighted by atomic mass is 9.60. The molecule has 20 heavy (non-hydrogen) atoms. The Kier molecular flexibility index (Phi) is 3.49. The summed E-state index contributed by atoms with van der Waals surface area (Å²) in [6.45, 7) is 0. The molecule has 2 aromatic carbocycles. The highest BCUT2D eigenvalue weighted by atomic mass is 16.5. The molecule has 1 unspecified atom stereocenters. The molecule has 0 radical (unpaired) electrons. The number of hydrogen-bond acceptors (Lipinski definition) is 2. The van der Waals surface area contributed by atoms with Crippen molar-refractivity contribution >= 4 is 0 Å². The molecule has 0 saturated heterocycles. The SMILES string of the molecule is COc1cccc(C(O)C2(c3ccccc3)CCC2)c1. The maximum atomic E-state index is 10.9. The predicted octanol–water partition coefficient (Wildman–Crippen LogP) is 3.85. The summed E-state index contributed by atoms with van der Waals surface area (Å²) in [7, 11) is 1.65. The highest BCUT2D eigenvalue weighted by Crippen LogP contribution is 2.52. The van der Waals surface area contributed by atoms with Crippen molar-refractivity contribution in [2.75, 3.05) is 7.11 Å². The molecule has 2 nitrogen and oxygen atoms in total. The van der Waals surface area contributed by atoms with Crippen LogP contribution in [0, 0.1) is 0 Å². The van der Waals surface area contributed by atoms with Crippen molar-refractivity contribution < 1.29 is 9.84 Å². The van der Waals surface area contributed by atoms with Crippen LogP contribution >= 0.6 is 0 Å². The Morgan fingerprint density at radius 1 is 1.05 bits per heavy atom. The van der Waals surface area contributed by atoms with Gasteiger partial charge in [-0.05, 0) is 36.1 Å². The van der Waals surface area contributed by atoms with Gasteiger partial charge < -0.3 is 9.84 Å². The molecule has 104 valence electrons. The van der Waals surface area contributed by atoms with Crippen LogP contribution in [0.4, 0.5) is 0 Å². The number of aliphatic hydroxyl groups excluding tert-OH is 1. The van der Waals surface area contributed by atoms with Gasteiger partial charge in [0.15, 0.2) is 0 Å². The van der Waals surface area contributed by atoms with Gasteiger partial charge in [0.25, 0.3) is 0 Å². The fourth-order valence-corrected chi connectivity index (χ4v) is 3.18. The quantitative estimate of drug-likeness (QED) is 0.912. The van der Waals surface area contributed by atoms with Gasteiger partial charge in [0, 0.05) is 5.41 Å². The Morgan fingerprint density at radius 3 is 2.40 bits per heavy atom. The zero-order valence-corrected chi connectivity index (χ0v) is 11.8. The van der Waals surface area contributed by atoms with Crippen LogP contribution in [0.15, 0.2) is 54.6 Å². The van der Waals surface area contributed by atoms with Gasteiger partial charge in [-0.3, -0.25) is 0 Å². The lowest BCUT2D eigenvalue weighted by Crippen LogP contribution is -2.40. The van der Waals surface area contributed by atoms with E-state index in [1.54, 1.807) is 7.11 Å². The maximum Gasteiger partial charge on any atom is 0.119 e. The Morgan fingerprint density at radius 2 is 1.80 bits per heavy atom. The molecule has 3 rings (SSSR count). The number of aliphatic hydroxyl groups is 1. The molecule has 2 heteroatoms. The van der Waals surface area contributed by atoms with Crippen LogP contribution in [0.5, 0.6) is 5.75 Å². The molecule has 1 aliphatic rings. The third kappa shape index (κ3) is 2.10. The van der Waals surface area contributed by atoms with Gasteiger partial charge in [0.1, 0.15) is 5.75 Å². The number of rotatable bonds is 4. The van der Waals surface area contributed by atoms with E-state index in [1.807, 2.05) is 42.5 Å². The molecule has 1 N–H and O–H groups in total. The number of hydrogen-bond donors (Lipinski definition) is 1. The van der Waals surface area contributed by atoms with Crippen molar-refractivity contribution in [2.24, 2.45) is 0 Å². The van der Waals surface area contributed by atoms with Crippen LogP contribution in [0.3, 0.4) is 0 Å². The zero-order chi connectivity index (χ0) is 14.0. The molecule has 0 heterocycles. The Labute approximate surface area is 120 Å². The second kappa shape index (κ2) is 5.29. The summed E-state index contributed by atoms with van der Waals surface area (Å²) in [5.74, 6) is 0.795. The summed E-state index contributed by atoms with van der Waals surface area (Å²) < 4.78 is 5.26. The second-order valence-electron chi connectivity index (χ2n) is 5.55. The summed E-state index contributed by atoms with van der Waals surface area (Å²) in [5.41, 5.74) is 2.04. The minimum Gasteiger partial charge on any atom is -0.497 e. The van der Waals surface area contributed by atoms with E-state index in [2.05, 4.69) is 12.1 Å². The van der Waals surface area contributed by atoms with Crippen molar-refractivity contribution in [3.8, 4) is 5.75 Å². The Hall–Kier alpha value is -1.80. The average molecular weight is 268 g/mol. The maximum absolute atomic E-state index is 10.9. The minimum absolute atomic E-state index is 0.131. The largest absolute Gasteiger partial charge is 0.497 e. The molecule has 0 aliphatic heterocycles. The van der Waals surface area contributed by atoms with Crippen LogP contribution in [0.2, 0.25) is 0 Å². The minimum atomic E-state index is -0.478. The highest BCUT2D eigenvalue weighted by molar-refractivity contribution is 5.37. The molecule has 0 aromatic heterocycles. The van der Waals surface area contributed by atoms with E-state index in [-0.39, 0.29) is 5.41 Å². The van der Waals surface area contributed by atoms with Crippen LogP contribution in [-0.4, -0.2) is 12.2 Å². The van der Waals surface area contributed by atoms with Crippen molar-refractivity contribution in [3.63, 3.8) is 0 Å². The van der Waals surface area contributed by atoms with Crippen molar-refractivity contribution in [3.05, 3.63) is 65.7 Å². The van der Waals surface area contributed by atoms with E-state index in [9.17, 15) is 5.11 Å². The topological polar surface area (TPSA) is 29.5 Å². The van der Waals surface area contributed by atoms with Gasteiger partial charge in [-0.2, -0.15) is 0 Å². The molecule has 0 spiro atoms. The summed E-state index contributed by atoms with van der Waals surface area (Å²) in [6.07, 6.45) is 2.77. The van der Waals surface area contributed by atoms with E-state index in [1.165, 1.54) is 12.0 Å². The number of methoxy groups -OCH3 is 1. The van der Waals surface area contributed by atoms with E-state index in [0.717, 1.165) is 24.2 Å². The smallest absolute Gasteiger partial charge is 0.119 e. The third-order valence-electron chi connectivity index (χ3n) is 4.53. The summed E-state index contributed by atoms with van der Waals surface area (Å²) in [5, 5.41) is 10.9. The van der Waals surface area contributed by atoms with Crippen LogP contribution in [0.25, 0.3) is 0 Å². The monoisotopic (exact) mass is 268 g/mol. The number of ether oxygens (including phenoxy) is 1. The van der Waals surface area contributed by atoms with Crippen molar-refractivity contribution in [2.45, 2.75) is 30.8 Å². The van der Waals surface area contributed by atoms with Gasteiger partial charge in [-0.25, -0.2) is 0 Å². The molecule has 0 amide bonds.